The molecule has 0 saturated carbocycles. The van der Waals surface area contributed by atoms with E-state index in [4.69, 9.17) is 5.73 Å². The largest absolute Gasteiger partial charge is 0.399 e. The molecule has 0 aliphatic rings. The Hall–Kier alpha value is -3.09. The van der Waals surface area contributed by atoms with Gasteiger partial charge in [-0.25, -0.2) is 17.7 Å². The highest BCUT2D eigenvalue weighted by Crippen LogP contribution is 2.20. The van der Waals surface area contributed by atoms with Crippen molar-refractivity contribution >= 4 is 22.5 Å². The monoisotopic (exact) mass is 332 g/mol. The smallest absolute Gasteiger partial charge is 0.268 e. The zero-order chi connectivity index (χ0) is 17.6. The van der Waals surface area contributed by atoms with Crippen LogP contribution in [0.5, 0.6) is 0 Å². The number of benzene rings is 2. The zero-order valence-corrected chi connectivity index (χ0v) is 12.4. The van der Waals surface area contributed by atoms with E-state index in [9.17, 15) is 22.8 Å². The maximum Gasteiger partial charge on any atom is 0.268 e. The summed E-state index contributed by atoms with van der Waals surface area (Å²) < 4.78 is 41.1. The normalized spacial score (nSPS) is 11.0. The van der Waals surface area contributed by atoms with Crippen molar-refractivity contribution in [3.63, 3.8) is 0 Å². The Morgan fingerprint density at radius 2 is 1.75 bits per heavy atom. The third-order valence-corrected chi connectivity index (χ3v) is 3.68. The van der Waals surface area contributed by atoms with Crippen LogP contribution in [0.3, 0.4) is 0 Å². The summed E-state index contributed by atoms with van der Waals surface area (Å²) in [6.07, 6.45) is 0. The minimum atomic E-state index is -1.77. The van der Waals surface area contributed by atoms with Gasteiger partial charge in [0.2, 0.25) is 0 Å². The fourth-order valence-corrected chi connectivity index (χ4v) is 2.47. The van der Waals surface area contributed by atoms with Crippen LogP contribution < -0.4 is 11.3 Å². The van der Waals surface area contributed by atoms with E-state index in [0.717, 1.165) is 6.07 Å². The Labute approximate surface area is 133 Å². The molecule has 122 valence electrons. The van der Waals surface area contributed by atoms with Crippen LogP contribution >= 0.6 is 0 Å². The lowest BCUT2D eigenvalue weighted by Crippen LogP contribution is -2.30. The summed E-state index contributed by atoms with van der Waals surface area (Å²) in [5, 5.41) is 0.526. The lowest BCUT2D eigenvalue weighted by atomic mass is 10.1. The van der Waals surface area contributed by atoms with Gasteiger partial charge in [0.15, 0.2) is 17.5 Å². The fraction of sp³-hybridized carbons (Fsp3) is 0.0588. The van der Waals surface area contributed by atoms with Crippen LogP contribution in [0.2, 0.25) is 0 Å². The van der Waals surface area contributed by atoms with E-state index in [1.165, 1.54) is 13.0 Å². The summed E-state index contributed by atoms with van der Waals surface area (Å²) in [6, 6.07) is 7.54. The molecule has 0 saturated heterocycles. The third kappa shape index (κ3) is 2.34. The predicted molar refractivity (Wildman–Crippen MR) is 83.4 cm³/mol. The van der Waals surface area contributed by atoms with E-state index < -0.39 is 34.5 Å². The summed E-state index contributed by atoms with van der Waals surface area (Å²) in [5.74, 6) is -5.94. The minimum Gasteiger partial charge on any atom is -0.399 e. The van der Waals surface area contributed by atoms with Gasteiger partial charge in [-0.05, 0) is 42.6 Å². The average Bonchev–Trinajstić information content (AvgIpc) is 2.54. The summed E-state index contributed by atoms with van der Waals surface area (Å²) in [7, 11) is 0. The van der Waals surface area contributed by atoms with E-state index in [2.05, 4.69) is 0 Å². The molecule has 2 aromatic carbocycles. The molecule has 0 amide bonds. The molecule has 0 fully saturated rings. The molecule has 0 aliphatic carbocycles. The Morgan fingerprint density at radius 3 is 2.46 bits per heavy atom. The first kappa shape index (κ1) is 15.8. The molecule has 0 unspecified atom stereocenters. The highest BCUT2D eigenvalue weighted by Gasteiger charge is 2.22. The number of anilines is 1. The predicted octanol–water partition coefficient (Wildman–Crippen LogP) is 3.00. The lowest BCUT2D eigenvalue weighted by Gasteiger charge is -2.12. The number of nitrogen functional groups attached to an aromatic ring is 1. The van der Waals surface area contributed by atoms with Crippen molar-refractivity contribution in [3.8, 4) is 0 Å². The highest BCUT2D eigenvalue weighted by molar-refractivity contribution is 6.02. The van der Waals surface area contributed by atoms with Crippen LogP contribution in [-0.4, -0.2) is 10.5 Å². The van der Waals surface area contributed by atoms with Crippen LogP contribution in [0.25, 0.3) is 10.9 Å². The average molecular weight is 332 g/mol. The molecule has 0 atom stereocenters. The second-order valence-corrected chi connectivity index (χ2v) is 5.31. The summed E-state index contributed by atoms with van der Waals surface area (Å²) >= 11 is 0. The summed E-state index contributed by atoms with van der Waals surface area (Å²) in [4.78, 5) is 25.0. The van der Waals surface area contributed by atoms with Crippen LogP contribution in [0.4, 0.5) is 18.9 Å². The number of carbonyl (C=O) groups excluding carboxylic acids is 1. The van der Waals surface area contributed by atoms with Gasteiger partial charge in [-0.15, -0.1) is 0 Å². The topological polar surface area (TPSA) is 65.1 Å². The first-order chi connectivity index (χ1) is 11.3. The van der Waals surface area contributed by atoms with E-state index in [-0.39, 0.29) is 16.8 Å². The molecule has 1 heterocycles. The van der Waals surface area contributed by atoms with Crippen molar-refractivity contribution in [2.45, 2.75) is 6.92 Å². The fourth-order valence-electron chi connectivity index (χ4n) is 2.47. The van der Waals surface area contributed by atoms with Gasteiger partial charge in [-0.1, -0.05) is 6.07 Å². The van der Waals surface area contributed by atoms with Crippen molar-refractivity contribution in [2.24, 2.45) is 0 Å². The molecule has 1 aromatic heterocycles. The number of nitrogens with zero attached hydrogens (tertiary/aromatic N) is 1. The second-order valence-electron chi connectivity index (χ2n) is 5.31. The quantitative estimate of drug-likeness (QED) is 0.550. The maximum atomic E-state index is 13.9. The highest BCUT2D eigenvalue weighted by atomic mass is 19.2. The van der Waals surface area contributed by atoms with Gasteiger partial charge in [0, 0.05) is 11.3 Å². The first-order valence-corrected chi connectivity index (χ1v) is 6.91. The van der Waals surface area contributed by atoms with E-state index in [0.29, 0.717) is 16.0 Å². The van der Waals surface area contributed by atoms with Gasteiger partial charge in [0.25, 0.3) is 11.5 Å². The molecule has 3 rings (SSSR count). The van der Waals surface area contributed by atoms with E-state index in [1.54, 1.807) is 18.2 Å². The number of hydrogen-bond acceptors (Lipinski definition) is 3. The lowest BCUT2D eigenvalue weighted by molar-refractivity contribution is 0.0955. The van der Waals surface area contributed by atoms with Crippen molar-refractivity contribution in [2.75, 3.05) is 5.73 Å². The molecule has 0 aliphatic heterocycles. The van der Waals surface area contributed by atoms with Crippen LogP contribution in [-0.2, 0) is 0 Å². The van der Waals surface area contributed by atoms with Gasteiger partial charge in [0.05, 0.1) is 11.1 Å². The number of pyridine rings is 1. The second kappa shape index (κ2) is 5.52. The third-order valence-electron chi connectivity index (χ3n) is 3.68. The van der Waals surface area contributed by atoms with Gasteiger partial charge < -0.3 is 5.73 Å². The number of halogens is 3. The van der Waals surface area contributed by atoms with Gasteiger partial charge in [-0.3, -0.25) is 9.59 Å². The molecule has 7 heteroatoms. The Bertz CT molecular complexity index is 1060. The summed E-state index contributed by atoms with van der Waals surface area (Å²) in [6.45, 7) is 1.49. The number of hydrogen-bond donors (Lipinski definition) is 1. The SMILES string of the molecule is Cc1cc2ccc(N)cc2n(C(=O)c2ccc(F)c(F)c2F)c1=O. The van der Waals surface area contributed by atoms with Gasteiger partial charge >= 0.3 is 0 Å². The van der Waals surface area contributed by atoms with Crippen LogP contribution in [0.15, 0.2) is 41.2 Å². The molecule has 0 bridgehead atoms. The number of aryl methyl sites for hydroxylation is 1. The molecule has 2 N–H and O–H groups in total. The first-order valence-electron chi connectivity index (χ1n) is 6.91. The van der Waals surface area contributed by atoms with Crippen molar-refractivity contribution < 1.29 is 18.0 Å². The van der Waals surface area contributed by atoms with Crippen molar-refractivity contribution in [1.82, 2.24) is 4.57 Å². The Balaban J connectivity index is 2.35. The number of carbonyl (C=O) groups is 1. The molecule has 4 nitrogen and oxygen atoms in total. The van der Waals surface area contributed by atoms with Crippen molar-refractivity contribution in [1.29, 1.82) is 0 Å². The number of nitrogens with two attached hydrogens (primary N) is 1. The molecule has 24 heavy (non-hydrogen) atoms. The van der Waals surface area contributed by atoms with E-state index >= 15 is 0 Å². The van der Waals surface area contributed by atoms with Crippen LogP contribution in [0, 0.1) is 24.4 Å². The van der Waals surface area contributed by atoms with Crippen LogP contribution in [0.1, 0.15) is 15.9 Å². The molecular formula is C17H11F3N2O2. The molecule has 0 radical (unpaired) electrons. The maximum absolute atomic E-state index is 13.9. The van der Waals surface area contributed by atoms with Crippen molar-refractivity contribution in [3.05, 3.63) is 75.3 Å². The Kier molecular flexibility index (Phi) is 3.63. The van der Waals surface area contributed by atoms with E-state index in [1.807, 2.05) is 0 Å². The number of rotatable bonds is 1. The molecule has 3 aromatic rings. The molecule has 0 spiro atoms. The number of fused-ring (bicyclic) bond motifs is 1. The van der Waals surface area contributed by atoms with Gasteiger partial charge in [0.1, 0.15) is 0 Å². The number of aromatic nitrogens is 1. The Morgan fingerprint density at radius 1 is 1.04 bits per heavy atom. The standard InChI is InChI=1S/C17H11F3N2O2/c1-8-6-9-2-3-10(21)7-13(9)22(16(8)23)17(24)11-4-5-12(18)15(20)14(11)19/h2-7H,21H2,1H3. The summed E-state index contributed by atoms with van der Waals surface area (Å²) in [5.41, 5.74) is 4.93. The minimum absolute atomic E-state index is 0.153. The zero-order valence-electron chi connectivity index (χ0n) is 12.4. The van der Waals surface area contributed by atoms with Gasteiger partial charge in [-0.2, -0.15) is 0 Å². The molecular weight excluding hydrogens is 321 g/mol.